The number of hydrogen-bond acceptors (Lipinski definition) is 0. The van der Waals surface area contributed by atoms with Crippen molar-refractivity contribution in [3.05, 3.63) is 102 Å². The van der Waals surface area contributed by atoms with Crippen molar-refractivity contribution in [3.63, 3.8) is 0 Å². The van der Waals surface area contributed by atoms with Crippen LogP contribution >= 0.6 is 0 Å². The highest BCUT2D eigenvalue weighted by molar-refractivity contribution is 6.33. The monoisotopic (exact) mass is 428 g/mol. The number of rotatable bonds is 3. The van der Waals surface area contributed by atoms with Gasteiger partial charge in [0.05, 0.1) is 23.3 Å². The summed E-state index contributed by atoms with van der Waals surface area (Å²) < 4.78 is 48.5. The lowest BCUT2D eigenvalue weighted by Gasteiger charge is -2.02. The van der Waals surface area contributed by atoms with E-state index < -0.39 is 7.54 Å². The van der Waals surface area contributed by atoms with Crippen LogP contribution in [0.25, 0.3) is 33.8 Å². The molecule has 0 amide bonds. The van der Waals surface area contributed by atoms with Crippen LogP contribution in [0.2, 0.25) is 0 Å². The van der Waals surface area contributed by atoms with Gasteiger partial charge in [-0.05, 0) is 48.9 Å². The van der Waals surface area contributed by atoms with E-state index in [0.717, 1.165) is 28.0 Å². The van der Waals surface area contributed by atoms with E-state index in [1.807, 2.05) is 30.3 Å². The van der Waals surface area contributed by atoms with E-state index in [-0.39, 0.29) is 10.5 Å². The SMILES string of the molecule is Cc1ccc(-c2cc(-c3ccccc3)cc(-c3ccc(F)cc3)[o+]2)cc1.FB(F)F.[F-]. The maximum Gasteiger partial charge on any atom is 0.762 e. The predicted octanol–water partition coefficient (Wildman–Crippen LogP) is 4.89. The summed E-state index contributed by atoms with van der Waals surface area (Å²) in [5.74, 6) is 1.24. The minimum Gasteiger partial charge on any atom is -1.00 e. The summed E-state index contributed by atoms with van der Waals surface area (Å²) >= 11 is 0. The van der Waals surface area contributed by atoms with Crippen molar-refractivity contribution in [3.8, 4) is 33.8 Å². The average molecular weight is 428 g/mol. The van der Waals surface area contributed by atoms with Gasteiger partial charge in [-0.2, -0.15) is 0 Å². The molecule has 1 nitrogen and oxygen atoms in total. The highest BCUT2D eigenvalue weighted by atomic mass is 19.4. The first-order chi connectivity index (χ1) is 14.4. The third-order valence-electron chi connectivity index (χ3n) is 4.37. The fourth-order valence-electron chi connectivity index (χ4n) is 2.92. The van der Waals surface area contributed by atoms with Gasteiger partial charge >= 0.3 is 19.1 Å². The fraction of sp³-hybridized carbons (Fsp3) is 0.0417. The van der Waals surface area contributed by atoms with Crippen LogP contribution in [-0.2, 0) is 0 Å². The van der Waals surface area contributed by atoms with Gasteiger partial charge < -0.3 is 4.70 Å². The number of aryl methyl sites for hydroxylation is 1. The molecule has 0 fully saturated rings. The molecule has 0 radical (unpaired) electrons. The molecule has 0 bridgehead atoms. The molecule has 7 heteroatoms. The molecule has 0 saturated carbocycles. The summed E-state index contributed by atoms with van der Waals surface area (Å²) in [6.45, 7) is 2.06. The largest absolute Gasteiger partial charge is 1.00 e. The lowest BCUT2D eigenvalue weighted by atomic mass is 10.0. The van der Waals surface area contributed by atoms with Gasteiger partial charge in [0.25, 0.3) is 0 Å². The van der Waals surface area contributed by atoms with E-state index in [2.05, 4.69) is 43.3 Å². The Labute approximate surface area is 177 Å². The molecule has 3 aromatic carbocycles. The highest BCUT2D eigenvalue weighted by Gasteiger charge is 2.20. The van der Waals surface area contributed by atoms with Crippen LogP contribution in [-0.4, -0.2) is 7.54 Å². The maximum absolute atomic E-state index is 13.3. The van der Waals surface area contributed by atoms with Gasteiger partial charge in [-0.3, -0.25) is 12.9 Å². The van der Waals surface area contributed by atoms with Crippen LogP contribution in [0.1, 0.15) is 5.56 Å². The van der Waals surface area contributed by atoms with Gasteiger partial charge in [0.1, 0.15) is 5.82 Å². The Hall–Kier alpha value is -3.48. The Bertz CT molecular complexity index is 1020. The summed E-state index contributed by atoms with van der Waals surface area (Å²) in [7, 11) is -3.67. The second-order valence-corrected chi connectivity index (χ2v) is 6.56. The summed E-state index contributed by atoms with van der Waals surface area (Å²) in [4.78, 5) is 0. The zero-order valence-corrected chi connectivity index (χ0v) is 16.5. The lowest BCUT2D eigenvalue weighted by molar-refractivity contribution is -0.00000984. The Morgan fingerprint density at radius 1 is 0.613 bits per heavy atom. The van der Waals surface area contributed by atoms with Gasteiger partial charge in [0, 0.05) is 5.56 Å². The van der Waals surface area contributed by atoms with Crippen LogP contribution in [0.5, 0.6) is 0 Å². The van der Waals surface area contributed by atoms with Gasteiger partial charge in [0.2, 0.25) is 0 Å². The van der Waals surface area contributed by atoms with Crippen molar-refractivity contribution < 1.29 is 26.5 Å². The Morgan fingerprint density at radius 2 is 1.06 bits per heavy atom. The van der Waals surface area contributed by atoms with Crippen molar-refractivity contribution in [1.82, 2.24) is 0 Å². The van der Waals surface area contributed by atoms with E-state index in [9.17, 15) is 17.3 Å². The molecule has 0 aliphatic heterocycles. The third-order valence-corrected chi connectivity index (χ3v) is 4.37. The molecule has 158 valence electrons. The summed E-state index contributed by atoms with van der Waals surface area (Å²) in [6, 6.07) is 28.8. The molecule has 0 unspecified atom stereocenters. The Balaban J connectivity index is 0.000000631. The van der Waals surface area contributed by atoms with Crippen molar-refractivity contribution in [2.75, 3.05) is 0 Å². The summed E-state index contributed by atoms with van der Waals surface area (Å²) in [5, 5.41) is 0. The molecule has 0 spiro atoms. The quantitative estimate of drug-likeness (QED) is 0.257. The normalized spacial score (nSPS) is 9.84. The van der Waals surface area contributed by atoms with Crippen molar-refractivity contribution in [2.45, 2.75) is 6.92 Å². The highest BCUT2D eigenvalue weighted by Crippen LogP contribution is 2.33. The number of halogens is 5. The van der Waals surface area contributed by atoms with Gasteiger partial charge in [-0.1, -0.05) is 48.0 Å². The molecular formula is C24H18BF5O. The molecule has 4 aromatic rings. The number of hydrogen-bond donors (Lipinski definition) is 0. The third kappa shape index (κ3) is 6.78. The van der Waals surface area contributed by atoms with E-state index in [1.165, 1.54) is 17.7 Å². The topological polar surface area (TPSA) is 11.3 Å². The first kappa shape index (κ1) is 23.8. The van der Waals surface area contributed by atoms with E-state index in [4.69, 9.17) is 4.42 Å². The van der Waals surface area contributed by atoms with Crippen LogP contribution < -0.4 is 4.70 Å². The van der Waals surface area contributed by atoms with Crippen LogP contribution in [0, 0.1) is 12.7 Å². The number of benzene rings is 3. The second-order valence-electron chi connectivity index (χ2n) is 6.56. The molecule has 31 heavy (non-hydrogen) atoms. The van der Waals surface area contributed by atoms with Gasteiger partial charge in [-0.25, -0.2) is 8.81 Å². The smallest absolute Gasteiger partial charge is 0.762 e. The summed E-state index contributed by atoms with van der Waals surface area (Å²) in [6.07, 6.45) is 0. The molecule has 0 atom stereocenters. The van der Waals surface area contributed by atoms with Crippen molar-refractivity contribution >= 4 is 7.54 Å². The van der Waals surface area contributed by atoms with Gasteiger partial charge in [-0.15, -0.1) is 0 Å². The van der Waals surface area contributed by atoms with Crippen molar-refractivity contribution in [2.24, 2.45) is 0 Å². The fourth-order valence-corrected chi connectivity index (χ4v) is 2.92. The van der Waals surface area contributed by atoms with E-state index in [1.54, 1.807) is 12.1 Å². The molecule has 0 N–H and O–H groups in total. The Kier molecular flexibility index (Phi) is 8.49. The van der Waals surface area contributed by atoms with E-state index >= 15 is 0 Å². The molecular weight excluding hydrogens is 410 g/mol. The van der Waals surface area contributed by atoms with Crippen molar-refractivity contribution in [1.29, 1.82) is 0 Å². The van der Waals surface area contributed by atoms with Crippen LogP contribution in [0.15, 0.2) is 95.4 Å². The molecule has 0 aliphatic carbocycles. The predicted molar refractivity (Wildman–Crippen MR) is 113 cm³/mol. The first-order valence-electron chi connectivity index (χ1n) is 9.21. The zero-order chi connectivity index (χ0) is 21.5. The Morgan fingerprint density at radius 3 is 1.55 bits per heavy atom. The standard InChI is InChI=1S/C24H18FO.BF3.FH/c1-17-7-9-19(10-8-17)23-15-21(18-5-3-2-4-6-18)16-24(26-23)20-11-13-22(25)14-12-20;2-1(3)4;/h2-16H,1H3;;1H/q+1;;/p-1. The zero-order valence-electron chi connectivity index (χ0n) is 16.5. The summed E-state index contributed by atoms with van der Waals surface area (Å²) in [5.41, 5.74) is 5.23. The maximum atomic E-state index is 13.3. The van der Waals surface area contributed by atoms with Crippen LogP contribution in [0.3, 0.4) is 0 Å². The lowest BCUT2D eigenvalue weighted by Crippen LogP contribution is -3.00. The molecule has 0 aliphatic rings. The minimum atomic E-state index is -3.67. The van der Waals surface area contributed by atoms with Gasteiger partial charge in [0.15, 0.2) is 0 Å². The molecule has 4 rings (SSSR count). The van der Waals surface area contributed by atoms with E-state index in [0.29, 0.717) is 5.76 Å². The second kappa shape index (κ2) is 11.1. The molecule has 0 saturated heterocycles. The molecule has 1 heterocycles. The first-order valence-corrected chi connectivity index (χ1v) is 9.21. The minimum absolute atomic E-state index is 0. The average Bonchev–Trinajstić information content (AvgIpc) is 2.75. The van der Waals surface area contributed by atoms with Crippen LogP contribution in [0.4, 0.5) is 17.3 Å². The molecule has 1 aromatic heterocycles.